The molecule has 0 aromatic heterocycles. The van der Waals surface area contributed by atoms with E-state index in [2.05, 4.69) is 26.0 Å². The molecule has 0 aliphatic heterocycles. The first-order chi connectivity index (χ1) is 4.81. The maximum Gasteiger partial charge on any atom is 0.00363 e. The Morgan fingerprint density at radius 3 is 2.70 bits per heavy atom. The highest BCUT2D eigenvalue weighted by molar-refractivity contribution is 4.77. The van der Waals surface area contributed by atoms with E-state index < -0.39 is 0 Å². The Morgan fingerprint density at radius 2 is 2.20 bits per heavy atom. The molecular weight excluding hydrogens is 122 g/mol. The molecule has 60 valence electrons. The Morgan fingerprint density at radius 1 is 1.50 bits per heavy atom. The van der Waals surface area contributed by atoms with Gasteiger partial charge in [0.2, 0.25) is 0 Å². The van der Waals surface area contributed by atoms with Crippen LogP contribution in [-0.4, -0.2) is 6.04 Å². The summed E-state index contributed by atoms with van der Waals surface area (Å²) in [5.74, 6) is 0. The molecular formula is C9H19N. The molecule has 0 aliphatic rings. The number of hydrogen-bond donors (Lipinski definition) is 1. The van der Waals surface area contributed by atoms with Crippen LogP contribution in [0.1, 0.15) is 39.5 Å². The van der Waals surface area contributed by atoms with Crippen LogP contribution in [0.4, 0.5) is 0 Å². The van der Waals surface area contributed by atoms with E-state index in [1.807, 2.05) is 0 Å². The summed E-state index contributed by atoms with van der Waals surface area (Å²) in [7, 11) is 0. The van der Waals surface area contributed by atoms with E-state index in [-0.39, 0.29) is 0 Å². The van der Waals surface area contributed by atoms with Crippen molar-refractivity contribution in [1.82, 2.24) is 0 Å². The van der Waals surface area contributed by atoms with Gasteiger partial charge >= 0.3 is 0 Å². The first kappa shape index (κ1) is 9.70. The Bertz CT molecular complexity index is 86.7. The molecule has 0 radical (unpaired) electrons. The van der Waals surface area contributed by atoms with E-state index in [4.69, 9.17) is 5.73 Å². The molecule has 0 fully saturated rings. The van der Waals surface area contributed by atoms with Crippen LogP contribution >= 0.6 is 0 Å². The lowest BCUT2D eigenvalue weighted by Crippen LogP contribution is -2.17. The topological polar surface area (TPSA) is 26.0 Å². The molecule has 0 saturated carbocycles. The van der Waals surface area contributed by atoms with Crippen LogP contribution < -0.4 is 5.73 Å². The molecule has 1 nitrogen and oxygen atoms in total. The van der Waals surface area contributed by atoms with Gasteiger partial charge in [0, 0.05) is 6.04 Å². The maximum atomic E-state index is 5.73. The summed E-state index contributed by atoms with van der Waals surface area (Å²) >= 11 is 0. The van der Waals surface area contributed by atoms with E-state index in [9.17, 15) is 0 Å². The summed E-state index contributed by atoms with van der Waals surface area (Å²) in [6, 6.07) is 0.422. The van der Waals surface area contributed by atoms with E-state index >= 15 is 0 Å². The van der Waals surface area contributed by atoms with E-state index in [1.54, 1.807) is 0 Å². The summed E-state index contributed by atoms with van der Waals surface area (Å²) in [6.45, 7) is 4.19. The van der Waals surface area contributed by atoms with Crippen molar-refractivity contribution in [3.63, 3.8) is 0 Å². The Hall–Kier alpha value is -0.300. The standard InChI is InChI=1S/C9H19N/c1-3-5-6-7-8-9(10)4-2/h3,5,9H,4,6-8,10H2,1-2H3. The van der Waals surface area contributed by atoms with Crippen molar-refractivity contribution in [2.24, 2.45) is 5.73 Å². The van der Waals surface area contributed by atoms with Gasteiger partial charge in [-0.2, -0.15) is 0 Å². The fourth-order valence-electron chi connectivity index (χ4n) is 0.869. The van der Waals surface area contributed by atoms with Gasteiger partial charge < -0.3 is 5.73 Å². The van der Waals surface area contributed by atoms with Gasteiger partial charge in [0.05, 0.1) is 0 Å². The highest BCUT2D eigenvalue weighted by atomic mass is 14.6. The Kier molecular flexibility index (Phi) is 6.61. The zero-order chi connectivity index (χ0) is 7.82. The molecule has 0 aromatic rings. The van der Waals surface area contributed by atoms with Crippen molar-refractivity contribution in [2.75, 3.05) is 0 Å². The molecule has 0 aromatic carbocycles. The zero-order valence-corrected chi connectivity index (χ0v) is 7.14. The highest BCUT2D eigenvalue weighted by Gasteiger charge is 1.95. The van der Waals surface area contributed by atoms with Crippen molar-refractivity contribution in [2.45, 2.75) is 45.6 Å². The summed E-state index contributed by atoms with van der Waals surface area (Å²) in [6.07, 6.45) is 8.99. The fourth-order valence-corrected chi connectivity index (χ4v) is 0.869. The maximum absolute atomic E-state index is 5.73. The molecule has 0 saturated heterocycles. The van der Waals surface area contributed by atoms with Gasteiger partial charge in [0.1, 0.15) is 0 Å². The van der Waals surface area contributed by atoms with Gasteiger partial charge in [-0.15, -0.1) is 0 Å². The quantitative estimate of drug-likeness (QED) is 0.462. The van der Waals surface area contributed by atoms with Gasteiger partial charge in [-0.1, -0.05) is 19.1 Å². The molecule has 0 spiro atoms. The van der Waals surface area contributed by atoms with Gasteiger partial charge in [0.25, 0.3) is 0 Å². The second-order valence-electron chi connectivity index (χ2n) is 2.67. The first-order valence-electron chi connectivity index (χ1n) is 4.18. The van der Waals surface area contributed by atoms with Crippen molar-refractivity contribution in [3.05, 3.63) is 12.2 Å². The Balaban J connectivity index is 3.03. The number of unbranched alkanes of at least 4 members (excludes halogenated alkanes) is 1. The third-order valence-electron chi connectivity index (χ3n) is 1.71. The van der Waals surface area contributed by atoms with Crippen LogP contribution in [0.15, 0.2) is 12.2 Å². The number of allylic oxidation sites excluding steroid dienone is 2. The lowest BCUT2D eigenvalue weighted by molar-refractivity contribution is 0.572. The molecule has 0 amide bonds. The monoisotopic (exact) mass is 141 g/mol. The SMILES string of the molecule is CC=CCCCC(N)CC. The molecule has 0 rings (SSSR count). The van der Waals surface area contributed by atoms with Gasteiger partial charge in [-0.25, -0.2) is 0 Å². The average molecular weight is 141 g/mol. The molecule has 1 atom stereocenters. The molecule has 0 bridgehead atoms. The first-order valence-corrected chi connectivity index (χ1v) is 4.18. The minimum absolute atomic E-state index is 0.422. The largest absolute Gasteiger partial charge is 0.328 e. The highest BCUT2D eigenvalue weighted by Crippen LogP contribution is 2.01. The minimum Gasteiger partial charge on any atom is -0.328 e. The van der Waals surface area contributed by atoms with Crippen LogP contribution in [0, 0.1) is 0 Å². The number of rotatable bonds is 5. The molecule has 2 N–H and O–H groups in total. The second-order valence-corrected chi connectivity index (χ2v) is 2.67. The van der Waals surface area contributed by atoms with Crippen LogP contribution in [0.25, 0.3) is 0 Å². The lowest BCUT2D eigenvalue weighted by atomic mass is 10.1. The summed E-state index contributed by atoms with van der Waals surface area (Å²) in [5, 5.41) is 0. The van der Waals surface area contributed by atoms with Crippen molar-refractivity contribution in [1.29, 1.82) is 0 Å². The predicted molar refractivity (Wildman–Crippen MR) is 46.9 cm³/mol. The predicted octanol–water partition coefficient (Wildman–Crippen LogP) is 2.47. The van der Waals surface area contributed by atoms with Crippen molar-refractivity contribution >= 4 is 0 Å². The van der Waals surface area contributed by atoms with Crippen LogP contribution in [0.5, 0.6) is 0 Å². The molecule has 0 aliphatic carbocycles. The lowest BCUT2D eigenvalue weighted by Gasteiger charge is -2.05. The summed E-state index contributed by atoms with van der Waals surface area (Å²) < 4.78 is 0. The smallest absolute Gasteiger partial charge is 0.00363 e. The normalized spacial score (nSPS) is 14.3. The van der Waals surface area contributed by atoms with E-state index in [1.165, 1.54) is 19.3 Å². The molecule has 0 heterocycles. The second kappa shape index (κ2) is 6.81. The van der Waals surface area contributed by atoms with Crippen molar-refractivity contribution in [3.8, 4) is 0 Å². The Labute approximate surface area is 64.3 Å². The van der Waals surface area contributed by atoms with Crippen LogP contribution in [0.3, 0.4) is 0 Å². The van der Waals surface area contributed by atoms with Gasteiger partial charge in [-0.3, -0.25) is 0 Å². The summed E-state index contributed by atoms with van der Waals surface area (Å²) in [4.78, 5) is 0. The van der Waals surface area contributed by atoms with E-state index in [0.29, 0.717) is 6.04 Å². The zero-order valence-electron chi connectivity index (χ0n) is 7.14. The van der Waals surface area contributed by atoms with Gasteiger partial charge in [-0.05, 0) is 32.6 Å². The van der Waals surface area contributed by atoms with Gasteiger partial charge in [0.15, 0.2) is 0 Å². The molecule has 1 unspecified atom stereocenters. The minimum atomic E-state index is 0.422. The van der Waals surface area contributed by atoms with Crippen LogP contribution in [0.2, 0.25) is 0 Å². The summed E-state index contributed by atoms with van der Waals surface area (Å²) in [5.41, 5.74) is 5.73. The van der Waals surface area contributed by atoms with Crippen molar-refractivity contribution < 1.29 is 0 Å². The number of hydrogen-bond acceptors (Lipinski definition) is 1. The molecule has 1 heteroatoms. The fraction of sp³-hybridized carbons (Fsp3) is 0.778. The molecule has 10 heavy (non-hydrogen) atoms. The van der Waals surface area contributed by atoms with E-state index in [0.717, 1.165) is 6.42 Å². The average Bonchev–Trinajstić information content (AvgIpc) is 1.98. The number of nitrogens with two attached hydrogens (primary N) is 1. The van der Waals surface area contributed by atoms with Crippen LogP contribution in [-0.2, 0) is 0 Å². The third-order valence-corrected chi connectivity index (χ3v) is 1.71. The third kappa shape index (κ3) is 5.83.